The normalized spacial score (nSPS) is 22.2. The molecular formula is C12H27N3. The number of hydrogen-bond acceptors (Lipinski definition) is 3. The van der Waals surface area contributed by atoms with Crippen LogP contribution in [0.3, 0.4) is 0 Å². The standard InChI is InChI=1S/C12H27N3/c1-11(13-2)5-10-15(4)12-6-8-14(3)9-7-12/h11-13H,5-10H2,1-4H3. The van der Waals surface area contributed by atoms with Gasteiger partial charge in [0, 0.05) is 12.1 Å². The van der Waals surface area contributed by atoms with E-state index in [4.69, 9.17) is 0 Å². The van der Waals surface area contributed by atoms with E-state index >= 15 is 0 Å². The van der Waals surface area contributed by atoms with Crippen molar-refractivity contribution < 1.29 is 0 Å². The Balaban J connectivity index is 2.19. The van der Waals surface area contributed by atoms with Crippen LogP contribution in [-0.4, -0.2) is 62.7 Å². The van der Waals surface area contributed by atoms with Crippen molar-refractivity contribution in [2.24, 2.45) is 0 Å². The molecule has 1 saturated heterocycles. The van der Waals surface area contributed by atoms with Gasteiger partial charge in [-0.05, 0) is 67.0 Å². The molecule has 1 aliphatic heterocycles. The molecular weight excluding hydrogens is 186 g/mol. The van der Waals surface area contributed by atoms with Gasteiger partial charge in [0.05, 0.1) is 0 Å². The molecule has 0 aromatic rings. The number of nitrogens with zero attached hydrogens (tertiary/aromatic N) is 2. The summed E-state index contributed by atoms with van der Waals surface area (Å²) >= 11 is 0. The van der Waals surface area contributed by atoms with Crippen LogP contribution in [0, 0.1) is 0 Å². The molecule has 1 rings (SSSR count). The Bertz CT molecular complexity index is 164. The molecule has 3 nitrogen and oxygen atoms in total. The molecule has 15 heavy (non-hydrogen) atoms. The molecule has 0 aliphatic carbocycles. The van der Waals surface area contributed by atoms with Gasteiger partial charge in [0.25, 0.3) is 0 Å². The van der Waals surface area contributed by atoms with Crippen LogP contribution in [-0.2, 0) is 0 Å². The molecule has 1 fully saturated rings. The van der Waals surface area contributed by atoms with Crippen molar-refractivity contribution in [3.63, 3.8) is 0 Å². The van der Waals surface area contributed by atoms with Gasteiger partial charge in [-0.2, -0.15) is 0 Å². The fraction of sp³-hybridized carbons (Fsp3) is 1.00. The van der Waals surface area contributed by atoms with E-state index in [2.05, 4.69) is 36.1 Å². The number of hydrogen-bond donors (Lipinski definition) is 1. The molecule has 0 aromatic carbocycles. The van der Waals surface area contributed by atoms with Gasteiger partial charge in [0.1, 0.15) is 0 Å². The molecule has 1 N–H and O–H groups in total. The first-order chi connectivity index (χ1) is 7.13. The Kier molecular flexibility index (Phi) is 5.58. The van der Waals surface area contributed by atoms with Gasteiger partial charge in [-0.1, -0.05) is 0 Å². The van der Waals surface area contributed by atoms with E-state index in [0.717, 1.165) is 6.04 Å². The first-order valence-electron chi connectivity index (χ1n) is 6.19. The van der Waals surface area contributed by atoms with E-state index < -0.39 is 0 Å². The largest absolute Gasteiger partial charge is 0.317 e. The Morgan fingerprint density at radius 2 is 2.00 bits per heavy atom. The summed E-state index contributed by atoms with van der Waals surface area (Å²) in [6.07, 6.45) is 3.92. The van der Waals surface area contributed by atoms with E-state index in [1.165, 1.54) is 38.9 Å². The predicted octanol–water partition coefficient (Wildman–Crippen LogP) is 1.01. The second-order valence-corrected chi connectivity index (χ2v) is 4.99. The van der Waals surface area contributed by atoms with Crippen LogP contribution in [0.1, 0.15) is 26.2 Å². The lowest BCUT2D eigenvalue weighted by Gasteiger charge is -2.35. The van der Waals surface area contributed by atoms with Gasteiger partial charge in [0.2, 0.25) is 0 Å². The van der Waals surface area contributed by atoms with Crippen molar-refractivity contribution in [2.75, 3.05) is 40.8 Å². The fourth-order valence-corrected chi connectivity index (χ4v) is 2.16. The van der Waals surface area contributed by atoms with Crippen LogP contribution in [0.15, 0.2) is 0 Å². The van der Waals surface area contributed by atoms with Gasteiger partial charge in [-0.25, -0.2) is 0 Å². The summed E-state index contributed by atoms with van der Waals surface area (Å²) in [5, 5.41) is 3.30. The summed E-state index contributed by atoms with van der Waals surface area (Å²) in [7, 11) is 6.54. The third-order valence-electron chi connectivity index (χ3n) is 3.72. The minimum absolute atomic E-state index is 0.638. The fourth-order valence-electron chi connectivity index (χ4n) is 2.16. The SMILES string of the molecule is CNC(C)CCN(C)C1CCN(C)CC1. The van der Waals surface area contributed by atoms with Gasteiger partial charge < -0.3 is 15.1 Å². The maximum atomic E-state index is 3.30. The molecule has 0 spiro atoms. The van der Waals surface area contributed by atoms with E-state index in [-0.39, 0.29) is 0 Å². The van der Waals surface area contributed by atoms with Crippen molar-refractivity contribution in [3.8, 4) is 0 Å². The highest BCUT2D eigenvalue weighted by Crippen LogP contribution is 2.14. The molecule has 0 amide bonds. The number of likely N-dealkylation sites (tertiary alicyclic amines) is 1. The van der Waals surface area contributed by atoms with E-state index in [0.29, 0.717) is 6.04 Å². The lowest BCUT2D eigenvalue weighted by atomic mass is 10.0. The Labute approximate surface area is 94.8 Å². The molecule has 1 unspecified atom stereocenters. The smallest absolute Gasteiger partial charge is 0.0117 e. The number of piperidine rings is 1. The van der Waals surface area contributed by atoms with Crippen molar-refractivity contribution >= 4 is 0 Å². The van der Waals surface area contributed by atoms with Crippen molar-refractivity contribution in [1.29, 1.82) is 0 Å². The highest BCUT2D eigenvalue weighted by molar-refractivity contribution is 4.77. The average Bonchev–Trinajstić information content (AvgIpc) is 2.26. The monoisotopic (exact) mass is 213 g/mol. The first-order valence-corrected chi connectivity index (χ1v) is 6.19. The molecule has 1 aliphatic rings. The van der Waals surface area contributed by atoms with Crippen LogP contribution in [0.2, 0.25) is 0 Å². The van der Waals surface area contributed by atoms with Gasteiger partial charge in [0.15, 0.2) is 0 Å². The summed E-state index contributed by atoms with van der Waals surface area (Å²) in [5.41, 5.74) is 0. The second kappa shape index (κ2) is 6.46. The van der Waals surface area contributed by atoms with E-state index in [1.807, 2.05) is 7.05 Å². The predicted molar refractivity (Wildman–Crippen MR) is 66.3 cm³/mol. The van der Waals surface area contributed by atoms with Crippen LogP contribution in [0.4, 0.5) is 0 Å². The molecule has 3 heteroatoms. The average molecular weight is 213 g/mol. The summed E-state index contributed by atoms with van der Waals surface area (Å²) in [5.74, 6) is 0. The quantitative estimate of drug-likeness (QED) is 0.735. The summed E-state index contributed by atoms with van der Waals surface area (Å²) in [4.78, 5) is 4.97. The lowest BCUT2D eigenvalue weighted by molar-refractivity contribution is 0.141. The van der Waals surface area contributed by atoms with Crippen LogP contribution < -0.4 is 5.32 Å². The van der Waals surface area contributed by atoms with Crippen LogP contribution in [0.5, 0.6) is 0 Å². The Hall–Kier alpha value is -0.120. The van der Waals surface area contributed by atoms with Gasteiger partial charge in [-0.3, -0.25) is 0 Å². The second-order valence-electron chi connectivity index (χ2n) is 4.99. The Morgan fingerprint density at radius 3 is 2.53 bits per heavy atom. The summed E-state index contributed by atoms with van der Waals surface area (Å²) < 4.78 is 0. The number of rotatable bonds is 5. The highest BCUT2D eigenvalue weighted by atomic mass is 15.2. The molecule has 0 aromatic heterocycles. The molecule has 0 bridgehead atoms. The molecule has 1 heterocycles. The van der Waals surface area contributed by atoms with Gasteiger partial charge >= 0.3 is 0 Å². The highest BCUT2D eigenvalue weighted by Gasteiger charge is 2.20. The third-order valence-corrected chi connectivity index (χ3v) is 3.72. The maximum Gasteiger partial charge on any atom is 0.0117 e. The van der Waals surface area contributed by atoms with Gasteiger partial charge in [-0.15, -0.1) is 0 Å². The summed E-state index contributed by atoms with van der Waals surface area (Å²) in [6.45, 7) is 5.99. The summed E-state index contributed by atoms with van der Waals surface area (Å²) in [6, 6.07) is 1.45. The molecule has 0 saturated carbocycles. The minimum atomic E-state index is 0.638. The van der Waals surface area contributed by atoms with Crippen molar-refractivity contribution in [2.45, 2.75) is 38.3 Å². The lowest BCUT2D eigenvalue weighted by Crippen LogP contribution is -2.43. The zero-order valence-electron chi connectivity index (χ0n) is 10.8. The molecule has 90 valence electrons. The topological polar surface area (TPSA) is 18.5 Å². The maximum absolute atomic E-state index is 3.30. The first kappa shape index (κ1) is 12.9. The van der Waals surface area contributed by atoms with Crippen LogP contribution in [0.25, 0.3) is 0 Å². The van der Waals surface area contributed by atoms with E-state index in [1.54, 1.807) is 0 Å². The molecule has 0 radical (unpaired) electrons. The minimum Gasteiger partial charge on any atom is -0.317 e. The van der Waals surface area contributed by atoms with Crippen molar-refractivity contribution in [3.05, 3.63) is 0 Å². The zero-order valence-corrected chi connectivity index (χ0v) is 10.8. The zero-order chi connectivity index (χ0) is 11.3. The Morgan fingerprint density at radius 1 is 1.40 bits per heavy atom. The van der Waals surface area contributed by atoms with Crippen molar-refractivity contribution in [1.82, 2.24) is 15.1 Å². The van der Waals surface area contributed by atoms with Crippen LogP contribution >= 0.6 is 0 Å². The third kappa shape index (κ3) is 4.49. The molecule has 1 atom stereocenters. The van der Waals surface area contributed by atoms with E-state index in [9.17, 15) is 0 Å². The number of nitrogens with one attached hydrogen (secondary N) is 1.